The lowest BCUT2D eigenvalue weighted by Gasteiger charge is -2.27. The summed E-state index contributed by atoms with van der Waals surface area (Å²) in [6.07, 6.45) is 4.32. The summed E-state index contributed by atoms with van der Waals surface area (Å²) in [6, 6.07) is 38.2. The highest BCUT2D eigenvalue weighted by Gasteiger charge is 2.27. The van der Waals surface area contributed by atoms with Gasteiger partial charge in [-0.25, -0.2) is 0 Å². The second kappa shape index (κ2) is 10.1. The highest BCUT2D eigenvalue weighted by atomic mass is 79.9. The van der Waals surface area contributed by atoms with Gasteiger partial charge in [-0.2, -0.15) is 0 Å². The highest BCUT2D eigenvalue weighted by molar-refractivity contribution is 9.10. The van der Waals surface area contributed by atoms with Crippen molar-refractivity contribution >= 4 is 38.7 Å². The van der Waals surface area contributed by atoms with Gasteiger partial charge in [0.2, 0.25) is 0 Å². The van der Waals surface area contributed by atoms with Gasteiger partial charge in [0.25, 0.3) is 5.91 Å². The van der Waals surface area contributed by atoms with Crippen LogP contribution < -0.4 is 0 Å². The number of nitrogens with zero attached hydrogens (tertiary/aromatic N) is 1. The van der Waals surface area contributed by atoms with Crippen LogP contribution in [0, 0.1) is 0 Å². The Morgan fingerprint density at radius 1 is 0.629 bits per heavy atom. The van der Waals surface area contributed by atoms with Gasteiger partial charge in [0, 0.05) is 21.3 Å². The monoisotopic (exact) mass is 517 g/mol. The Morgan fingerprint density at radius 3 is 1.71 bits per heavy atom. The third-order valence-electron chi connectivity index (χ3n) is 6.11. The van der Waals surface area contributed by atoms with Gasteiger partial charge >= 0.3 is 0 Å². The Morgan fingerprint density at radius 2 is 1.14 bits per heavy atom. The summed E-state index contributed by atoms with van der Waals surface area (Å²) in [5.41, 5.74) is 7.56. The molecule has 2 nitrogen and oxygen atoms in total. The van der Waals surface area contributed by atoms with E-state index in [1.807, 2.05) is 90.7 Å². The fraction of sp³-hybridized carbons (Fsp3) is 0.0312. The van der Waals surface area contributed by atoms with Crippen molar-refractivity contribution in [2.45, 2.75) is 6.92 Å². The summed E-state index contributed by atoms with van der Waals surface area (Å²) in [6.45, 7) is 2.03. The molecule has 1 amide bonds. The molecular formula is C32H24BrNO. The van der Waals surface area contributed by atoms with Crippen LogP contribution in [0.3, 0.4) is 0 Å². The number of hydrogen-bond donors (Lipinski definition) is 0. The van der Waals surface area contributed by atoms with E-state index >= 15 is 0 Å². The standard InChI is InChI=1S/C32H24BrNO/c1-23-30(25-13-7-3-8-14-25)21-28(24-11-5-2-6-12-24)22-31(26-15-9-4-10-16-26)34(23)32(35)27-17-19-29(33)20-18-27/h2-22H,1H3. The first-order valence-electron chi connectivity index (χ1n) is 11.5. The first-order chi connectivity index (χ1) is 17.1. The minimum Gasteiger partial charge on any atom is -0.280 e. The third kappa shape index (κ3) is 4.82. The number of carbonyl (C=O) groups is 1. The maximum absolute atomic E-state index is 14.1. The number of rotatable bonds is 4. The van der Waals surface area contributed by atoms with Crippen molar-refractivity contribution < 1.29 is 4.79 Å². The van der Waals surface area contributed by atoms with E-state index in [1.165, 1.54) is 0 Å². The lowest BCUT2D eigenvalue weighted by Crippen LogP contribution is -2.28. The maximum atomic E-state index is 14.1. The molecule has 1 aliphatic rings. The lowest BCUT2D eigenvalue weighted by atomic mass is 9.98. The Labute approximate surface area is 214 Å². The predicted octanol–water partition coefficient (Wildman–Crippen LogP) is 8.46. The molecule has 0 radical (unpaired) electrons. The number of benzene rings is 4. The maximum Gasteiger partial charge on any atom is 0.262 e. The minimum absolute atomic E-state index is 0.0683. The highest BCUT2D eigenvalue weighted by Crippen LogP contribution is 2.38. The second-order valence-corrected chi connectivity index (χ2v) is 9.29. The number of amides is 1. The normalized spacial score (nSPS) is 13.7. The van der Waals surface area contributed by atoms with Crippen LogP contribution in [0.5, 0.6) is 0 Å². The van der Waals surface area contributed by atoms with Crippen molar-refractivity contribution in [1.29, 1.82) is 0 Å². The molecule has 0 aliphatic carbocycles. The zero-order valence-electron chi connectivity index (χ0n) is 19.4. The van der Waals surface area contributed by atoms with Crippen LogP contribution in [-0.2, 0) is 0 Å². The Bertz CT molecular complexity index is 1430. The minimum atomic E-state index is -0.0683. The van der Waals surface area contributed by atoms with Gasteiger partial charge in [-0.3, -0.25) is 9.69 Å². The zero-order valence-corrected chi connectivity index (χ0v) is 20.9. The molecule has 0 saturated carbocycles. The quantitative estimate of drug-likeness (QED) is 0.265. The molecule has 5 rings (SSSR count). The van der Waals surface area contributed by atoms with E-state index in [0.29, 0.717) is 5.56 Å². The number of hydrogen-bond acceptors (Lipinski definition) is 1. The molecule has 3 heteroatoms. The molecule has 0 N–H and O–H groups in total. The van der Waals surface area contributed by atoms with Crippen molar-refractivity contribution in [1.82, 2.24) is 4.90 Å². The van der Waals surface area contributed by atoms with Crippen LogP contribution in [0.4, 0.5) is 0 Å². The first-order valence-corrected chi connectivity index (χ1v) is 12.3. The van der Waals surface area contributed by atoms with Gasteiger partial charge < -0.3 is 0 Å². The van der Waals surface area contributed by atoms with E-state index < -0.39 is 0 Å². The number of allylic oxidation sites excluding steroid dienone is 5. The summed E-state index contributed by atoms with van der Waals surface area (Å²) < 4.78 is 0.939. The zero-order chi connectivity index (χ0) is 24.2. The van der Waals surface area contributed by atoms with E-state index in [1.54, 1.807) is 0 Å². The summed E-state index contributed by atoms with van der Waals surface area (Å²) in [4.78, 5) is 15.9. The van der Waals surface area contributed by atoms with Crippen molar-refractivity contribution in [3.8, 4) is 0 Å². The van der Waals surface area contributed by atoms with Gasteiger partial charge in [0.15, 0.2) is 0 Å². The molecule has 0 unspecified atom stereocenters. The molecule has 170 valence electrons. The van der Waals surface area contributed by atoms with Crippen LogP contribution in [0.25, 0.3) is 16.8 Å². The van der Waals surface area contributed by atoms with Crippen LogP contribution in [0.1, 0.15) is 34.0 Å². The van der Waals surface area contributed by atoms with Gasteiger partial charge in [-0.15, -0.1) is 0 Å². The summed E-state index contributed by atoms with van der Waals surface area (Å²) in [7, 11) is 0. The molecule has 1 aliphatic heterocycles. The fourth-order valence-corrected chi connectivity index (χ4v) is 4.59. The third-order valence-corrected chi connectivity index (χ3v) is 6.64. The fourth-order valence-electron chi connectivity index (χ4n) is 4.33. The molecule has 0 bridgehead atoms. The molecular weight excluding hydrogens is 494 g/mol. The van der Waals surface area contributed by atoms with E-state index in [0.717, 1.165) is 43.7 Å². The molecule has 0 fully saturated rings. The van der Waals surface area contributed by atoms with Gasteiger partial charge in [-0.1, -0.05) is 107 Å². The van der Waals surface area contributed by atoms with Gasteiger partial charge in [0.1, 0.15) is 0 Å². The van der Waals surface area contributed by atoms with Gasteiger partial charge in [-0.05, 0) is 65.6 Å². The van der Waals surface area contributed by atoms with E-state index in [9.17, 15) is 4.79 Å². The summed E-state index contributed by atoms with van der Waals surface area (Å²) >= 11 is 3.48. The number of halogens is 1. The number of carbonyl (C=O) groups excluding carboxylic acids is 1. The van der Waals surface area contributed by atoms with Crippen molar-refractivity contribution in [2.24, 2.45) is 0 Å². The predicted molar refractivity (Wildman–Crippen MR) is 148 cm³/mol. The average molecular weight is 518 g/mol. The lowest BCUT2D eigenvalue weighted by molar-refractivity contribution is 0.0869. The van der Waals surface area contributed by atoms with Gasteiger partial charge in [0.05, 0.1) is 5.70 Å². The molecule has 0 spiro atoms. The average Bonchev–Trinajstić information content (AvgIpc) is 3.07. The molecule has 0 aromatic heterocycles. The van der Waals surface area contributed by atoms with Crippen LogP contribution in [0.15, 0.2) is 138 Å². The Balaban J connectivity index is 1.78. The van der Waals surface area contributed by atoms with E-state index in [2.05, 4.69) is 64.5 Å². The topological polar surface area (TPSA) is 20.3 Å². The molecule has 4 aromatic rings. The van der Waals surface area contributed by atoms with Crippen LogP contribution in [0.2, 0.25) is 0 Å². The molecule has 0 atom stereocenters. The Kier molecular flexibility index (Phi) is 6.60. The van der Waals surface area contributed by atoms with Crippen LogP contribution >= 0.6 is 15.9 Å². The molecule has 0 saturated heterocycles. The molecule has 4 aromatic carbocycles. The van der Waals surface area contributed by atoms with Crippen molar-refractivity contribution in [3.63, 3.8) is 0 Å². The Hall–Kier alpha value is -3.95. The first kappa shape index (κ1) is 22.8. The molecule has 35 heavy (non-hydrogen) atoms. The van der Waals surface area contributed by atoms with Crippen molar-refractivity contribution in [3.05, 3.63) is 160 Å². The molecule has 1 heterocycles. The second-order valence-electron chi connectivity index (χ2n) is 8.37. The SMILES string of the molecule is CC1=C(c2ccccc2)C=C(c2ccccc2)C=C(c2ccccc2)N1C(=O)c1ccc(Br)cc1. The smallest absolute Gasteiger partial charge is 0.262 e. The summed E-state index contributed by atoms with van der Waals surface area (Å²) in [5.74, 6) is -0.0683. The largest absolute Gasteiger partial charge is 0.280 e. The summed E-state index contributed by atoms with van der Waals surface area (Å²) in [5, 5.41) is 0. The van der Waals surface area contributed by atoms with Crippen molar-refractivity contribution in [2.75, 3.05) is 0 Å². The van der Waals surface area contributed by atoms with E-state index in [-0.39, 0.29) is 5.91 Å². The van der Waals surface area contributed by atoms with E-state index in [4.69, 9.17) is 0 Å². The van der Waals surface area contributed by atoms with Crippen LogP contribution in [-0.4, -0.2) is 10.8 Å².